The van der Waals surface area contributed by atoms with Gasteiger partial charge in [0.1, 0.15) is 0 Å². The van der Waals surface area contributed by atoms with Crippen molar-refractivity contribution in [3.05, 3.63) is 35.4 Å². The maximum absolute atomic E-state index is 5.84. The molecule has 0 aliphatic heterocycles. The fourth-order valence-corrected chi connectivity index (χ4v) is 2.68. The minimum atomic E-state index is -0.124. The highest BCUT2D eigenvalue weighted by molar-refractivity contribution is 5.31. The van der Waals surface area contributed by atoms with Crippen LogP contribution in [0.5, 0.6) is 0 Å². The van der Waals surface area contributed by atoms with Crippen LogP contribution in [0.4, 0.5) is 0 Å². The van der Waals surface area contributed by atoms with E-state index in [9.17, 15) is 0 Å². The number of hydrogen-bond acceptors (Lipinski definition) is 2. The Kier molecular flexibility index (Phi) is 5.16. The van der Waals surface area contributed by atoms with E-state index in [-0.39, 0.29) is 11.6 Å². The smallest absolute Gasteiger partial charge is 0.0867 e. The monoisotopic (exact) mass is 235 g/mol. The Labute approximate surface area is 105 Å². The van der Waals surface area contributed by atoms with E-state index in [0.717, 1.165) is 12.8 Å². The van der Waals surface area contributed by atoms with Crippen molar-refractivity contribution in [3.8, 4) is 0 Å². The Balaban J connectivity index is 3.18. The molecule has 1 atom stereocenters. The van der Waals surface area contributed by atoms with Gasteiger partial charge in [0.2, 0.25) is 0 Å². The molecule has 0 bridgehead atoms. The second-order valence-corrected chi connectivity index (χ2v) is 4.55. The van der Waals surface area contributed by atoms with E-state index >= 15 is 0 Å². The van der Waals surface area contributed by atoms with Crippen LogP contribution in [-0.2, 0) is 4.74 Å². The van der Waals surface area contributed by atoms with Gasteiger partial charge in [-0.3, -0.25) is 0 Å². The van der Waals surface area contributed by atoms with Gasteiger partial charge in [0, 0.05) is 7.11 Å². The fourth-order valence-electron chi connectivity index (χ4n) is 2.68. The maximum atomic E-state index is 5.84. The Hall–Kier alpha value is -0.860. The Morgan fingerprint density at radius 3 is 2.24 bits per heavy atom. The van der Waals surface area contributed by atoms with E-state index in [1.807, 2.05) is 14.2 Å². The van der Waals surface area contributed by atoms with Gasteiger partial charge in [0.05, 0.1) is 11.6 Å². The second-order valence-electron chi connectivity index (χ2n) is 4.55. The molecular weight excluding hydrogens is 210 g/mol. The van der Waals surface area contributed by atoms with Crippen LogP contribution in [-0.4, -0.2) is 19.8 Å². The summed E-state index contributed by atoms with van der Waals surface area (Å²) in [6, 6.07) is 8.76. The Morgan fingerprint density at radius 1 is 1.24 bits per heavy atom. The molecule has 0 aliphatic rings. The summed E-state index contributed by atoms with van der Waals surface area (Å²) >= 11 is 0. The highest BCUT2D eigenvalue weighted by Crippen LogP contribution is 2.35. The molecule has 0 aliphatic carbocycles. The average molecular weight is 235 g/mol. The van der Waals surface area contributed by atoms with Crippen LogP contribution in [0.1, 0.15) is 43.9 Å². The number of benzene rings is 1. The van der Waals surface area contributed by atoms with Crippen molar-refractivity contribution in [2.45, 2.75) is 45.3 Å². The maximum Gasteiger partial charge on any atom is 0.0867 e. The summed E-state index contributed by atoms with van der Waals surface area (Å²) in [5.41, 5.74) is 2.52. The molecule has 17 heavy (non-hydrogen) atoms. The zero-order chi connectivity index (χ0) is 12.9. The largest absolute Gasteiger partial charge is 0.376 e. The summed E-state index contributed by atoms with van der Waals surface area (Å²) in [7, 11) is 3.83. The van der Waals surface area contributed by atoms with Gasteiger partial charge in [0.25, 0.3) is 0 Å². The topological polar surface area (TPSA) is 21.3 Å². The lowest BCUT2D eigenvalue weighted by atomic mass is 9.82. The Bertz CT molecular complexity index is 336. The van der Waals surface area contributed by atoms with E-state index in [1.54, 1.807) is 0 Å². The number of ether oxygens (including phenoxy) is 1. The lowest BCUT2D eigenvalue weighted by Crippen LogP contribution is -2.43. The van der Waals surface area contributed by atoms with Crippen molar-refractivity contribution in [1.82, 2.24) is 5.32 Å². The van der Waals surface area contributed by atoms with Crippen LogP contribution in [0, 0.1) is 6.92 Å². The number of methoxy groups -OCH3 is 1. The summed E-state index contributed by atoms with van der Waals surface area (Å²) in [5, 5.41) is 3.43. The molecule has 2 heteroatoms. The SMILES string of the molecule is CCC(CC)(OC)C(NC)c1ccccc1C. The molecule has 0 spiro atoms. The average Bonchev–Trinajstić information content (AvgIpc) is 2.38. The zero-order valence-corrected chi connectivity index (χ0v) is 11.7. The number of rotatable bonds is 6. The van der Waals surface area contributed by atoms with Crippen LogP contribution in [0.3, 0.4) is 0 Å². The molecule has 1 rings (SSSR count). The molecule has 1 unspecified atom stereocenters. The summed E-state index contributed by atoms with van der Waals surface area (Å²) in [6.45, 7) is 6.54. The van der Waals surface area contributed by atoms with Gasteiger partial charge in [-0.05, 0) is 37.9 Å². The molecular formula is C15H25NO. The van der Waals surface area contributed by atoms with Crippen molar-refractivity contribution in [2.24, 2.45) is 0 Å². The first-order valence-corrected chi connectivity index (χ1v) is 6.43. The standard InChI is InChI=1S/C15H25NO/c1-6-15(7-2,17-5)14(16-4)13-11-9-8-10-12(13)3/h8-11,14,16H,6-7H2,1-5H3. The molecule has 0 saturated heterocycles. The van der Waals surface area contributed by atoms with Gasteiger partial charge < -0.3 is 10.1 Å². The molecule has 0 radical (unpaired) electrons. The van der Waals surface area contributed by atoms with E-state index in [1.165, 1.54) is 11.1 Å². The van der Waals surface area contributed by atoms with Gasteiger partial charge in [-0.1, -0.05) is 38.1 Å². The molecule has 2 nitrogen and oxygen atoms in total. The summed E-state index contributed by atoms with van der Waals surface area (Å²) in [5.74, 6) is 0. The van der Waals surface area contributed by atoms with Crippen LogP contribution in [0.2, 0.25) is 0 Å². The van der Waals surface area contributed by atoms with Crippen LogP contribution in [0.25, 0.3) is 0 Å². The van der Waals surface area contributed by atoms with E-state index < -0.39 is 0 Å². The van der Waals surface area contributed by atoms with E-state index in [2.05, 4.69) is 50.4 Å². The van der Waals surface area contributed by atoms with Crippen molar-refractivity contribution < 1.29 is 4.74 Å². The van der Waals surface area contributed by atoms with Crippen molar-refractivity contribution in [2.75, 3.05) is 14.2 Å². The quantitative estimate of drug-likeness (QED) is 0.815. The van der Waals surface area contributed by atoms with Gasteiger partial charge in [-0.15, -0.1) is 0 Å². The first-order valence-electron chi connectivity index (χ1n) is 6.43. The number of hydrogen-bond donors (Lipinski definition) is 1. The van der Waals surface area contributed by atoms with Crippen molar-refractivity contribution in [3.63, 3.8) is 0 Å². The number of likely N-dealkylation sites (N-methyl/N-ethyl adjacent to an activating group) is 1. The second kappa shape index (κ2) is 6.18. The predicted molar refractivity (Wildman–Crippen MR) is 73.3 cm³/mol. The molecule has 96 valence electrons. The lowest BCUT2D eigenvalue weighted by Gasteiger charge is -2.39. The first kappa shape index (κ1) is 14.2. The van der Waals surface area contributed by atoms with Crippen LogP contribution < -0.4 is 5.32 Å². The Morgan fingerprint density at radius 2 is 1.82 bits per heavy atom. The molecule has 0 amide bonds. The van der Waals surface area contributed by atoms with Crippen LogP contribution in [0.15, 0.2) is 24.3 Å². The lowest BCUT2D eigenvalue weighted by molar-refractivity contribution is -0.0469. The third-order valence-corrected chi connectivity index (χ3v) is 3.92. The molecule has 0 heterocycles. The van der Waals surface area contributed by atoms with Gasteiger partial charge in [-0.25, -0.2) is 0 Å². The molecule has 1 aromatic rings. The predicted octanol–water partition coefficient (Wildman–Crippen LogP) is 3.46. The van der Waals surface area contributed by atoms with Gasteiger partial charge >= 0.3 is 0 Å². The minimum Gasteiger partial charge on any atom is -0.376 e. The highest BCUT2D eigenvalue weighted by atomic mass is 16.5. The van der Waals surface area contributed by atoms with Crippen molar-refractivity contribution >= 4 is 0 Å². The van der Waals surface area contributed by atoms with E-state index in [4.69, 9.17) is 4.74 Å². The van der Waals surface area contributed by atoms with Crippen LogP contribution >= 0.6 is 0 Å². The first-order chi connectivity index (χ1) is 8.15. The minimum absolute atomic E-state index is 0.124. The van der Waals surface area contributed by atoms with Crippen molar-refractivity contribution in [1.29, 1.82) is 0 Å². The highest BCUT2D eigenvalue weighted by Gasteiger charge is 2.36. The van der Waals surface area contributed by atoms with Gasteiger partial charge in [-0.2, -0.15) is 0 Å². The molecule has 1 aromatic carbocycles. The molecule has 1 N–H and O–H groups in total. The summed E-state index contributed by atoms with van der Waals surface area (Å²) in [6.07, 6.45) is 2.00. The number of nitrogens with one attached hydrogen (secondary N) is 1. The number of aryl methyl sites for hydroxylation is 1. The summed E-state index contributed by atoms with van der Waals surface area (Å²) in [4.78, 5) is 0. The third-order valence-electron chi connectivity index (χ3n) is 3.92. The normalized spacial score (nSPS) is 13.7. The molecule has 0 saturated carbocycles. The molecule has 0 fully saturated rings. The zero-order valence-electron chi connectivity index (χ0n) is 11.7. The summed E-state index contributed by atoms with van der Waals surface area (Å²) < 4.78 is 5.84. The fraction of sp³-hybridized carbons (Fsp3) is 0.600. The third kappa shape index (κ3) is 2.70. The van der Waals surface area contributed by atoms with E-state index in [0.29, 0.717) is 0 Å². The van der Waals surface area contributed by atoms with Gasteiger partial charge in [0.15, 0.2) is 0 Å². The molecule has 0 aromatic heterocycles.